The third kappa shape index (κ3) is 5.87. The Bertz CT molecular complexity index is 281. The number of hydrogen-bond acceptors (Lipinski definition) is 2. The van der Waals surface area contributed by atoms with Gasteiger partial charge in [-0.15, -0.1) is 0 Å². The zero-order valence-electron chi connectivity index (χ0n) is 11.4. The van der Waals surface area contributed by atoms with E-state index < -0.39 is 0 Å². The standard InChI is InChI=1S/C14H27N3/c1-3-4-5-6-7-8-9-12-17-14(13-15-2)10-11-16-17/h10-11,15H,3-9,12-13H2,1-2H3. The van der Waals surface area contributed by atoms with Crippen molar-refractivity contribution in [1.29, 1.82) is 0 Å². The molecule has 0 aliphatic rings. The zero-order chi connectivity index (χ0) is 12.3. The monoisotopic (exact) mass is 237 g/mol. The summed E-state index contributed by atoms with van der Waals surface area (Å²) in [5, 5.41) is 7.53. The molecule has 0 aliphatic heterocycles. The number of nitrogens with one attached hydrogen (secondary N) is 1. The molecule has 0 fully saturated rings. The lowest BCUT2D eigenvalue weighted by molar-refractivity contribution is 0.506. The number of rotatable bonds is 10. The first-order chi connectivity index (χ1) is 8.38. The third-order valence-corrected chi connectivity index (χ3v) is 3.14. The Labute approximate surface area is 106 Å². The lowest BCUT2D eigenvalue weighted by atomic mass is 10.1. The van der Waals surface area contributed by atoms with Crippen LogP contribution < -0.4 is 5.32 Å². The normalized spacial score (nSPS) is 10.9. The van der Waals surface area contributed by atoms with Crippen LogP contribution in [0, 0.1) is 0 Å². The second kappa shape index (κ2) is 9.23. The molecule has 1 heterocycles. The maximum absolute atomic E-state index is 4.36. The number of hydrogen-bond donors (Lipinski definition) is 1. The Morgan fingerprint density at radius 3 is 2.53 bits per heavy atom. The van der Waals surface area contributed by atoms with Crippen molar-refractivity contribution < 1.29 is 0 Å². The highest BCUT2D eigenvalue weighted by Crippen LogP contribution is 2.08. The molecule has 1 aromatic rings. The first-order valence-corrected chi connectivity index (χ1v) is 7.03. The van der Waals surface area contributed by atoms with Crippen molar-refractivity contribution in [2.75, 3.05) is 7.05 Å². The Morgan fingerprint density at radius 2 is 1.82 bits per heavy atom. The largest absolute Gasteiger partial charge is 0.314 e. The van der Waals surface area contributed by atoms with Gasteiger partial charge in [-0.3, -0.25) is 4.68 Å². The van der Waals surface area contributed by atoms with Gasteiger partial charge in [0, 0.05) is 19.3 Å². The van der Waals surface area contributed by atoms with Crippen molar-refractivity contribution in [3.63, 3.8) is 0 Å². The minimum absolute atomic E-state index is 0.913. The summed E-state index contributed by atoms with van der Waals surface area (Å²) in [6, 6.07) is 2.09. The molecule has 3 nitrogen and oxygen atoms in total. The SMILES string of the molecule is CCCCCCCCCn1nccc1CNC. The van der Waals surface area contributed by atoms with E-state index in [1.807, 2.05) is 13.2 Å². The Balaban J connectivity index is 2.07. The Kier molecular flexibility index (Phi) is 7.72. The van der Waals surface area contributed by atoms with E-state index in [9.17, 15) is 0 Å². The number of aromatic nitrogens is 2. The summed E-state index contributed by atoms with van der Waals surface area (Å²) < 4.78 is 2.13. The van der Waals surface area contributed by atoms with Gasteiger partial charge in [-0.05, 0) is 19.5 Å². The van der Waals surface area contributed by atoms with Crippen molar-refractivity contribution in [2.45, 2.75) is 65.0 Å². The van der Waals surface area contributed by atoms with Crippen molar-refractivity contribution in [3.8, 4) is 0 Å². The summed E-state index contributed by atoms with van der Waals surface area (Å²) in [6.45, 7) is 4.25. The quantitative estimate of drug-likeness (QED) is 0.632. The highest BCUT2D eigenvalue weighted by molar-refractivity contribution is 4.99. The maximum Gasteiger partial charge on any atom is 0.0521 e. The van der Waals surface area contributed by atoms with Gasteiger partial charge in [-0.25, -0.2) is 0 Å². The molecule has 1 rings (SSSR count). The van der Waals surface area contributed by atoms with E-state index in [1.54, 1.807) is 0 Å². The van der Waals surface area contributed by atoms with Crippen molar-refractivity contribution >= 4 is 0 Å². The van der Waals surface area contributed by atoms with Crippen LogP contribution in [-0.2, 0) is 13.1 Å². The minimum Gasteiger partial charge on any atom is -0.314 e. The van der Waals surface area contributed by atoms with Gasteiger partial charge in [-0.2, -0.15) is 5.10 Å². The minimum atomic E-state index is 0.913. The number of nitrogens with zero attached hydrogens (tertiary/aromatic N) is 2. The van der Waals surface area contributed by atoms with Crippen LogP contribution in [0.15, 0.2) is 12.3 Å². The van der Waals surface area contributed by atoms with E-state index >= 15 is 0 Å². The van der Waals surface area contributed by atoms with Gasteiger partial charge in [0.05, 0.1) is 5.69 Å². The molecule has 98 valence electrons. The van der Waals surface area contributed by atoms with Gasteiger partial charge in [0.15, 0.2) is 0 Å². The summed E-state index contributed by atoms with van der Waals surface area (Å²) in [4.78, 5) is 0. The van der Waals surface area contributed by atoms with Gasteiger partial charge in [0.1, 0.15) is 0 Å². The molecule has 0 aromatic carbocycles. The first-order valence-electron chi connectivity index (χ1n) is 7.03. The summed E-state index contributed by atoms with van der Waals surface area (Å²) >= 11 is 0. The topological polar surface area (TPSA) is 29.9 Å². The molecule has 0 saturated carbocycles. The van der Waals surface area contributed by atoms with Crippen LogP contribution >= 0.6 is 0 Å². The lowest BCUT2D eigenvalue weighted by Gasteiger charge is -2.07. The van der Waals surface area contributed by atoms with E-state index in [0.717, 1.165) is 13.1 Å². The van der Waals surface area contributed by atoms with Gasteiger partial charge in [-0.1, -0.05) is 45.4 Å². The van der Waals surface area contributed by atoms with E-state index in [2.05, 4.69) is 28.1 Å². The molecule has 0 saturated heterocycles. The average Bonchev–Trinajstić information content (AvgIpc) is 2.76. The molecule has 0 bridgehead atoms. The summed E-state index contributed by atoms with van der Waals surface area (Å²) in [5.41, 5.74) is 1.29. The predicted octanol–water partition coefficient (Wildman–Crippen LogP) is 3.35. The molecule has 1 N–H and O–H groups in total. The predicted molar refractivity (Wildman–Crippen MR) is 73.0 cm³/mol. The highest BCUT2D eigenvalue weighted by atomic mass is 15.3. The van der Waals surface area contributed by atoms with Crippen molar-refractivity contribution in [3.05, 3.63) is 18.0 Å². The van der Waals surface area contributed by atoms with Gasteiger partial charge >= 0.3 is 0 Å². The molecule has 1 aromatic heterocycles. The molecule has 3 heteroatoms. The molecule has 0 atom stereocenters. The Morgan fingerprint density at radius 1 is 1.12 bits per heavy atom. The summed E-state index contributed by atoms with van der Waals surface area (Å²) in [7, 11) is 1.98. The van der Waals surface area contributed by atoms with Crippen LogP contribution in [0.5, 0.6) is 0 Å². The molecule has 0 spiro atoms. The van der Waals surface area contributed by atoms with Gasteiger partial charge in [0.25, 0.3) is 0 Å². The van der Waals surface area contributed by atoms with Gasteiger partial charge < -0.3 is 5.32 Å². The smallest absolute Gasteiger partial charge is 0.0521 e. The second-order valence-electron chi connectivity index (χ2n) is 4.70. The van der Waals surface area contributed by atoms with Crippen LogP contribution in [0.25, 0.3) is 0 Å². The van der Waals surface area contributed by atoms with E-state index in [-0.39, 0.29) is 0 Å². The van der Waals surface area contributed by atoms with Crippen molar-refractivity contribution in [1.82, 2.24) is 15.1 Å². The van der Waals surface area contributed by atoms with E-state index in [1.165, 1.54) is 50.6 Å². The number of unbranched alkanes of at least 4 members (excludes halogenated alkanes) is 6. The van der Waals surface area contributed by atoms with Crippen LogP contribution in [0.1, 0.15) is 57.6 Å². The van der Waals surface area contributed by atoms with Crippen LogP contribution in [0.4, 0.5) is 0 Å². The molecule has 0 unspecified atom stereocenters. The molecule has 0 radical (unpaired) electrons. The highest BCUT2D eigenvalue weighted by Gasteiger charge is 2.00. The molecule has 17 heavy (non-hydrogen) atoms. The van der Waals surface area contributed by atoms with E-state index in [4.69, 9.17) is 0 Å². The maximum atomic E-state index is 4.36. The fraction of sp³-hybridized carbons (Fsp3) is 0.786. The van der Waals surface area contributed by atoms with E-state index in [0.29, 0.717) is 0 Å². The van der Waals surface area contributed by atoms with Crippen LogP contribution in [-0.4, -0.2) is 16.8 Å². The average molecular weight is 237 g/mol. The summed E-state index contributed by atoms with van der Waals surface area (Å²) in [5.74, 6) is 0. The Hall–Kier alpha value is -0.830. The zero-order valence-corrected chi connectivity index (χ0v) is 11.4. The lowest BCUT2D eigenvalue weighted by Crippen LogP contribution is -2.12. The molecular weight excluding hydrogens is 210 g/mol. The van der Waals surface area contributed by atoms with Crippen LogP contribution in [0.2, 0.25) is 0 Å². The first kappa shape index (κ1) is 14.2. The van der Waals surface area contributed by atoms with Crippen LogP contribution in [0.3, 0.4) is 0 Å². The van der Waals surface area contributed by atoms with Crippen molar-refractivity contribution in [2.24, 2.45) is 0 Å². The molecule has 0 aliphatic carbocycles. The molecule has 0 amide bonds. The van der Waals surface area contributed by atoms with Gasteiger partial charge in [0.2, 0.25) is 0 Å². The fourth-order valence-electron chi connectivity index (χ4n) is 2.11. The second-order valence-corrected chi connectivity index (χ2v) is 4.70. The molecular formula is C14H27N3. The number of aryl methyl sites for hydroxylation is 1. The fourth-order valence-corrected chi connectivity index (χ4v) is 2.11. The third-order valence-electron chi connectivity index (χ3n) is 3.14. The summed E-state index contributed by atoms with van der Waals surface area (Å²) in [6.07, 6.45) is 11.4.